The number of fused-ring (bicyclic) bond motifs is 1. The van der Waals surface area contributed by atoms with Crippen LogP contribution in [0.5, 0.6) is 0 Å². The summed E-state index contributed by atoms with van der Waals surface area (Å²) >= 11 is 0. The van der Waals surface area contributed by atoms with E-state index in [2.05, 4.69) is 5.32 Å². The first-order chi connectivity index (χ1) is 7.59. The number of hydrogen-bond donors (Lipinski definition) is 2. The zero-order valence-corrected chi connectivity index (χ0v) is 9.66. The molecule has 1 aromatic rings. The number of hydrogen-bond acceptors (Lipinski definition) is 2. The average molecular weight is 219 g/mol. The maximum Gasteiger partial charge on any atom is 0.322 e. The normalized spacial score (nSPS) is 14.1. The number of nitrogens with one attached hydrogen (secondary N) is 1. The van der Waals surface area contributed by atoms with Crippen LogP contribution < -0.4 is 16.0 Å². The van der Waals surface area contributed by atoms with Crippen molar-refractivity contribution in [2.45, 2.75) is 26.3 Å². The molecule has 0 aromatic heterocycles. The highest BCUT2D eigenvalue weighted by atomic mass is 16.2. The zero-order valence-electron chi connectivity index (χ0n) is 9.66. The lowest BCUT2D eigenvalue weighted by atomic mass is 10.1. The molecule has 0 unspecified atom stereocenters. The van der Waals surface area contributed by atoms with Gasteiger partial charge in [0.25, 0.3) is 0 Å². The number of carbonyl (C=O) groups excluding carboxylic acids is 1. The molecule has 0 aliphatic carbocycles. The van der Waals surface area contributed by atoms with Crippen LogP contribution in [0, 0.1) is 0 Å². The van der Waals surface area contributed by atoms with E-state index in [1.165, 1.54) is 0 Å². The van der Waals surface area contributed by atoms with Crippen LogP contribution in [0.4, 0.5) is 16.2 Å². The van der Waals surface area contributed by atoms with Gasteiger partial charge in [0.15, 0.2) is 0 Å². The van der Waals surface area contributed by atoms with Crippen molar-refractivity contribution in [1.29, 1.82) is 0 Å². The lowest BCUT2D eigenvalue weighted by Crippen LogP contribution is -2.42. The molecule has 4 nitrogen and oxygen atoms in total. The van der Waals surface area contributed by atoms with E-state index in [4.69, 9.17) is 5.73 Å². The van der Waals surface area contributed by atoms with Crippen molar-refractivity contribution in [1.82, 2.24) is 5.32 Å². The van der Waals surface area contributed by atoms with Crippen molar-refractivity contribution < 1.29 is 4.79 Å². The van der Waals surface area contributed by atoms with Gasteiger partial charge in [-0.1, -0.05) is 6.07 Å². The van der Waals surface area contributed by atoms with Crippen molar-refractivity contribution in [3.8, 4) is 0 Å². The third kappa shape index (κ3) is 1.83. The fourth-order valence-electron chi connectivity index (χ4n) is 2.00. The van der Waals surface area contributed by atoms with Gasteiger partial charge < -0.3 is 11.1 Å². The minimum Gasteiger partial charge on any atom is -0.398 e. The Labute approximate surface area is 95.4 Å². The Hall–Kier alpha value is -1.71. The zero-order chi connectivity index (χ0) is 11.7. The van der Waals surface area contributed by atoms with Crippen LogP contribution in [0.25, 0.3) is 0 Å². The largest absolute Gasteiger partial charge is 0.398 e. The third-order valence-corrected chi connectivity index (χ3v) is 2.72. The summed E-state index contributed by atoms with van der Waals surface area (Å²) in [5.41, 5.74) is 8.68. The Morgan fingerprint density at radius 3 is 2.94 bits per heavy atom. The number of rotatable bonds is 1. The molecule has 0 spiro atoms. The molecule has 0 bridgehead atoms. The Kier molecular flexibility index (Phi) is 2.73. The standard InChI is InChI=1S/C12H17N3O/c1-8(2)14-12(16)15-7-6-9-10(13)4-3-5-11(9)15/h3-5,8H,6-7,13H2,1-2H3,(H,14,16). The fourth-order valence-corrected chi connectivity index (χ4v) is 2.00. The second-order valence-electron chi connectivity index (χ2n) is 4.35. The molecule has 1 heterocycles. The van der Waals surface area contributed by atoms with Crippen molar-refractivity contribution in [3.05, 3.63) is 23.8 Å². The monoisotopic (exact) mass is 219 g/mol. The smallest absolute Gasteiger partial charge is 0.322 e. The summed E-state index contributed by atoms with van der Waals surface area (Å²) in [6.45, 7) is 4.62. The van der Waals surface area contributed by atoms with E-state index < -0.39 is 0 Å². The quantitative estimate of drug-likeness (QED) is 0.707. The first-order valence-corrected chi connectivity index (χ1v) is 5.55. The Morgan fingerprint density at radius 2 is 2.25 bits per heavy atom. The molecule has 86 valence electrons. The van der Waals surface area contributed by atoms with Gasteiger partial charge >= 0.3 is 6.03 Å². The van der Waals surface area contributed by atoms with Gasteiger partial charge in [-0.2, -0.15) is 0 Å². The second-order valence-corrected chi connectivity index (χ2v) is 4.35. The van der Waals surface area contributed by atoms with E-state index in [0.717, 1.165) is 23.4 Å². The van der Waals surface area contributed by atoms with Gasteiger partial charge in [0.2, 0.25) is 0 Å². The van der Waals surface area contributed by atoms with Crippen molar-refractivity contribution in [2.24, 2.45) is 0 Å². The molecule has 0 radical (unpaired) electrons. The molecule has 0 saturated heterocycles. The van der Waals surface area contributed by atoms with Crippen molar-refractivity contribution in [2.75, 3.05) is 17.2 Å². The van der Waals surface area contributed by atoms with Gasteiger partial charge in [0.05, 0.1) is 5.69 Å². The summed E-state index contributed by atoms with van der Waals surface area (Å²) in [6.07, 6.45) is 0.841. The number of amides is 2. The Morgan fingerprint density at radius 1 is 1.50 bits per heavy atom. The first-order valence-electron chi connectivity index (χ1n) is 5.55. The van der Waals surface area contributed by atoms with E-state index >= 15 is 0 Å². The van der Waals surface area contributed by atoms with Crippen LogP contribution >= 0.6 is 0 Å². The second kappa shape index (κ2) is 4.04. The van der Waals surface area contributed by atoms with Crippen LogP contribution in [-0.2, 0) is 6.42 Å². The van der Waals surface area contributed by atoms with Crippen LogP contribution in [0.15, 0.2) is 18.2 Å². The van der Waals surface area contributed by atoms with Crippen LogP contribution in [0.1, 0.15) is 19.4 Å². The van der Waals surface area contributed by atoms with Crippen LogP contribution in [0.2, 0.25) is 0 Å². The molecule has 1 aromatic carbocycles. The molecular formula is C12H17N3O. The Bertz CT molecular complexity index is 415. The summed E-state index contributed by atoms with van der Waals surface area (Å²) in [4.78, 5) is 13.7. The number of nitrogen functional groups attached to an aromatic ring is 1. The highest BCUT2D eigenvalue weighted by Gasteiger charge is 2.25. The van der Waals surface area contributed by atoms with E-state index in [9.17, 15) is 4.79 Å². The number of urea groups is 1. The van der Waals surface area contributed by atoms with E-state index in [-0.39, 0.29) is 12.1 Å². The summed E-state index contributed by atoms with van der Waals surface area (Å²) in [7, 11) is 0. The van der Waals surface area contributed by atoms with E-state index in [1.54, 1.807) is 4.90 Å². The van der Waals surface area contributed by atoms with E-state index in [1.807, 2.05) is 32.0 Å². The maximum atomic E-state index is 11.9. The average Bonchev–Trinajstić information content (AvgIpc) is 2.61. The van der Waals surface area contributed by atoms with Gasteiger partial charge in [0.1, 0.15) is 0 Å². The molecule has 1 aliphatic rings. The minimum atomic E-state index is -0.0423. The number of nitrogens with zero attached hydrogens (tertiary/aromatic N) is 1. The molecule has 0 saturated carbocycles. The molecule has 3 N–H and O–H groups in total. The van der Waals surface area contributed by atoms with Gasteiger partial charge in [-0.3, -0.25) is 4.90 Å². The summed E-state index contributed by atoms with van der Waals surface area (Å²) in [5.74, 6) is 0. The van der Waals surface area contributed by atoms with Crippen LogP contribution in [0.3, 0.4) is 0 Å². The number of nitrogens with two attached hydrogens (primary N) is 1. The van der Waals surface area contributed by atoms with E-state index in [0.29, 0.717) is 6.54 Å². The van der Waals surface area contributed by atoms with Gasteiger partial charge in [-0.25, -0.2) is 4.79 Å². The lowest BCUT2D eigenvalue weighted by molar-refractivity contribution is 0.244. The number of carbonyl (C=O) groups is 1. The predicted octanol–water partition coefficient (Wildman–Crippen LogP) is 1.75. The predicted molar refractivity (Wildman–Crippen MR) is 65.6 cm³/mol. The maximum absolute atomic E-state index is 11.9. The van der Waals surface area contributed by atoms with Gasteiger partial charge in [-0.15, -0.1) is 0 Å². The fraction of sp³-hybridized carbons (Fsp3) is 0.417. The molecule has 2 amide bonds. The molecule has 0 fully saturated rings. The molecule has 16 heavy (non-hydrogen) atoms. The first kappa shape index (κ1) is 10.8. The van der Waals surface area contributed by atoms with Crippen LogP contribution in [-0.4, -0.2) is 18.6 Å². The highest BCUT2D eigenvalue weighted by molar-refractivity contribution is 5.95. The highest BCUT2D eigenvalue weighted by Crippen LogP contribution is 2.31. The van der Waals surface area contributed by atoms with Gasteiger partial charge in [0, 0.05) is 23.8 Å². The molecule has 1 aliphatic heterocycles. The Balaban J connectivity index is 2.24. The lowest BCUT2D eigenvalue weighted by Gasteiger charge is -2.19. The summed E-state index contributed by atoms with van der Waals surface area (Å²) in [6, 6.07) is 5.81. The number of anilines is 2. The van der Waals surface area contributed by atoms with Crippen molar-refractivity contribution in [3.63, 3.8) is 0 Å². The molecule has 2 rings (SSSR count). The SMILES string of the molecule is CC(C)NC(=O)N1CCc2c(N)cccc21. The summed E-state index contributed by atoms with van der Waals surface area (Å²) < 4.78 is 0. The van der Waals surface area contributed by atoms with Gasteiger partial charge in [-0.05, 0) is 32.4 Å². The van der Waals surface area contributed by atoms with Crippen molar-refractivity contribution >= 4 is 17.4 Å². The minimum absolute atomic E-state index is 0.0423. The summed E-state index contributed by atoms with van der Waals surface area (Å²) in [5, 5.41) is 2.89. The topological polar surface area (TPSA) is 58.4 Å². The molecule has 0 atom stereocenters. The molecular weight excluding hydrogens is 202 g/mol. The molecule has 4 heteroatoms. The number of benzene rings is 1. The third-order valence-electron chi connectivity index (χ3n) is 2.72.